The van der Waals surface area contributed by atoms with E-state index in [9.17, 15) is 0 Å². The summed E-state index contributed by atoms with van der Waals surface area (Å²) in [7, 11) is 3.99. The van der Waals surface area contributed by atoms with Gasteiger partial charge in [0.15, 0.2) is 0 Å². The van der Waals surface area contributed by atoms with Crippen molar-refractivity contribution in [3.05, 3.63) is 11.9 Å². The van der Waals surface area contributed by atoms with Crippen LogP contribution in [0.4, 0.5) is 0 Å². The van der Waals surface area contributed by atoms with Crippen LogP contribution in [-0.4, -0.2) is 34.4 Å². The van der Waals surface area contributed by atoms with Crippen LogP contribution in [-0.2, 0) is 6.54 Å². The van der Waals surface area contributed by atoms with Gasteiger partial charge in [-0.25, -0.2) is 0 Å². The third-order valence-electron chi connectivity index (χ3n) is 0.946. The highest BCUT2D eigenvalue weighted by atomic mass is 15.3. The van der Waals surface area contributed by atoms with Gasteiger partial charge in [0.1, 0.15) is 0 Å². The molecule has 1 rings (SSSR count). The standard InChI is InChI=1S/C5H10N4/c1-9(2)4-5-3-6-8-7-5/h3H,4H2,1-2H3,(H,6,7,8). The van der Waals surface area contributed by atoms with Crippen LogP contribution in [0.1, 0.15) is 5.69 Å². The maximum atomic E-state index is 3.81. The number of hydrogen-bond donors (Lipinski definition) is 1. The van der Waals surface area contributed by atoms with Crippen molar-refractivity contribution in [1.29, 1.82) is 0 Å². The van der Waals surface area contributed by atoms with E-state index in [1.807, 2.05) is 19.0 Å². The predicted octanol–water partition coefficient (Wildman–Crippen LogP) is -0.134. The van der Waals surface area contributed by atoms with Gasteiger partial charge in [-0.3, -0.25) is 5.10 Å². The van der Waals surface area contributed by atoms with Crippen molar-refractivity contribution in [2.24, 2.45) is 0 Å². The Bertz CT molecular complexity index is 155. The molecular weight excluding hydrogens is 116 g/mol. The average Bonchev–Trinajstić information content (AvgIpc) is 2.15. The Morgan fingerprint density at radius 2 is 2.44 bits per heavy atom. The lowest BCUT2D eigenvalue weighted by molar-refractivity contribution is 0.396. The minimum atomic E-state index is 0.844. The smallest absolute Gasteiger partial charge is 0.0964 e. The summed E-state index contributed by atoms with van der Waals surface area (Å²) in [6.07, 6.45) is 1.79. The Labute approximate surface area is 53.9 Å². The zero-order valence-corrected chi connectivity index (χ0v) is 5.63. The molecule has 0 aliphatic carbocycles. The molecule has 0 radical (unpaired) electrons. The van der Waals surface area contributed by atoms with E-state index in [0.717, 1.165) is 12.2 Å². The predicted molar refractivity (Wildman–Crippen MR) is 33.8 cm³/mol. The Hall–Kier alpha value is -0.900. The van der Waals surface area contributed by atoms with Crippen molar-refractivity contribution in [3.63, 3.8) is 0 Å². The first-order valence-corrected chi connectivity index (χ1v) is 2.79. The molecule has 9 heavy (non-hydrogen) atoms. The number of aromatic nitrogens is 3. The van der Waals surface area contributed by atoms with Gasteiger partial charge < -0.3 is 4.90 Å². The van der Waals surface area contributed by atoms with E-state index in [4.69, 9.17) is 0 Å². The van der Waals surface area contributed by atoms with Gasteiger partial charge in [0.05, 0.1) is 5.69 Å². The molecule has 1 N–H and O–H groups in total. The van der Waals surface area contributed by atoms with Gasteiger partial charge in [0.2, 0.25) is 0 Å². The maximum Gasteiger partial charge on any atom is 0.0964 e. The SMILES string of the molecule is CN(C)Cc1c[nH]nn1. The second-order valence-electron chi connectivity index (χ2n) is 2.20. The molecule has 4 nitrogen and oxygen atoms in total. The van der Waals surface area contributed by atoms with Crippen molar-refractivity contribution >= 4 is 0 Å². The molecule has 0 bridgehead atoms. The largest absolute Gasteiger partial charge is 0.303 e. The van der Waals surface area contributed by atoms with E-state index in [2.05, 4.69) is 15.4 Å². The molecule has 50 valence electrons. The van der Waals surface area contributed by atoms with E-state index < -0.39 is 0 Å². The molecule has 0 saturated heterocycles. The maximum absolute atomic E-state index is 3.81. The third-order valence-corrected chi connectivity index (χ3v) is 0.946. The number of nitrogens with zero attached hydrogens (tertiary/aromatic N) is 3. The lowest BCUT2D eigenvalue weighted by atomic mass is 10.4. The van der Waals surface area contributed by atoms with Crippen molar-refractivity contribution < 1.29 is 0 Å². The van der Waals surface area contributed by atoms with Crippen LogP contribution in [0.25, 0.3) is 0 Å². The molecule has 1 aromatic heterocycles. The van der Waals surface area contributed by atoms with Crippen LogP contribution in [0.15, 0.2) is 6.20 Å². The lowest BCUT2D eigenvalue weighted by Crippen LogP contribution is -2.10. The van der Waals surface area contributed by atoms with Crippen molar-refractivity contribution in [3.8, 4) is 0 Å². The van der Waals surface area contributed by atoms with Crippen LogP contribution < -0.4 is 0 Å². The van der Waals surface area contributed by atoms with Crippen LogP contribution in [0.5, 0.6) is 0 Å². The highest BCUT2D eigenvalue weighted by molar-refractivity contribution is 4.88. The molecule has 0 fully saturated rings. The van der Waals surface area contributed by atoms with Gasteiger partial charge in [0.25, 0.3) is 0 Å². The monoisotopic (exact) mass is 126 g/mol. The number of rotatable bonds is 2. The summed E-state index contributed by atoms with van der Waals surface area (Å²) in [5.74, 6) is 0. The summed E-state index contributed by atoms with van der Waals surface area (Å²) >= 11 is 0. The molecule has 1 aromatic rings. The van der Waals surface area contributed by atoms with E-state index in [-0.39, 0.29) is 0 Å². The van der Waals surface area contributed by atoms with Crippen LogP contribution >= 0.6 is 0 Å². The number of H-pyrrole nitrogens is 1. The summed E-state index contributed by atoms with van der Waals surface area (Å²) in [6, 6.07) is 0. The fraction of sp³-hybridized carbons (Fsp3) is 0.600. The number of hydrogen-bond acceptors (Lipinski definition) is 3. The fourth-order valence-electron chi connectivity index (χ4n) is 0.627. The normalized spacial score (nSPS) is 10.6. The second-order valence-corrected chi connectivity index (χ2v) is 2.20. The molecule has 0 saturated carbocycles. The minimum absolute atomic E-state index is 0.844. The van der Waals surface area contributed by atoms with Gasteiger partial charge in [-0.2, -0.15) is 0 Å². The minimum Gasteiger partial charge on any atom is -0.303 e. The van der Waals surface area contributed by atoms with Crippen LogP contribution in [0.2, 0.25) is 0 Å². The third kappa shape index (κ3) is 1.81. The summed E-state index contributed by atoms with van der Waals surface area (Å²) < 4.78 is 0. The van der Waals surface area contributed by atoms with Crippen molar-refractivity contribution in [1.82, 2.24) is 20.3 Å². The number of nitrogens with one attached hydrogen (secondary N) is 1. The van der Waals surface area contributed by atoms with Crippen LogP contribution in [0.3, 0.4) is 0 Å². The van der Waals surface area contributed by atoms with E-state index >= 15 is 0 Å². The molecule has 1 heterocycles. The zero-order chi connectivity index (χ0) is 6.69. The van der Waals surface area contributed by atoms with Crippen LogP contribution in [0, 0.1) is 0 Å². The molecule has 4 heteroatoms. The molecule has 0 aliphatic heterocycles. The summed E-state index contributed by atoms with van der Waals surface area (Å²) in [6.45, 7) is 0.844. The summed E-state index contributed by atoms with van der Waals surface area (Å²) in [5.41, 5.74) is 0.972. The zero-order valence-electron chi connectivity index (χ0n) is 5.63. The molecule has 0 atom stereocenters. The quantitative estimate of drug-likeness (QED) is 0.600. The average molecular weight is 126 g/mol. The first-order valence-electron chi connectivity index (χ1n) is 2.79. The Balaban J connectivity index is 2.48. The highest BCUT2D eigenvalue weighted by Crippen LogP contribution is 1.90. The topological polar surface area (TPSA) is 44.8 Å². The van der Waals surface area contributed by atoms with Crippen molar-refractivity contribution in [2.75, 3.05) is 14.1 Å². The summed E-state index contributed by atoms with van der Waals surface area (Å²) in [4.78, 5) is 2.04. The van der Waals surface area contributed by atoms with E-state index in [1.165, 1.54) is 0 Å². The van der Waals surface area contributed by atoms with Gasteiger partial charge in [-0.1, -0.05) is 5.21 Å². The Kier molecular flexibility index (Phi) is 1.79. The Morgan fingerprint density at radius 1 is 1.67 bits per heavy atom. The first-order chi connectivity index (χ1) is 4.29. The molecule has 0 aliphatic rings. The van der Waals surface area contributed by atoms with E-state index in [0.29, 0.717) is 0 Å². The fourth-order valence-corrected chi connectivity index (χ4v) is 0.627. The summed E-state index contributed by atoms with van der Waals surface area (Å²) in [5, 5.41) is 10.0. The van der Waals surface area contributed by atoms with Crippen molar-refractivity contribution in [2.45, 2.75) is 6.54 Å². The molecule has 0 unspecified atom stereocenters. The molecule has 0 amide bonds. The number of aromatic amines is 1. The molecule has 0 aromatic carbocycles. The first kappa shape index (κ1) is 6.22. The van der Waals surface area contributed by atoms with Gasteiger partial charge >= 0.3 is 0 Å². The van der Waals surface area contributed by atoms with E-state index in [1.54, 1.807) is 6.20 Å². The second kappa shape index (κ2) is 2.59. The molecular formula is C5H10N4. The van der Waals surface area contributed by atoms with Gasteiger partial charge in [-0.05, 0) is 14.1 Å². The highest BCUT2D eigenvalue weighted by Gasteiger charge is 1.94. The van der Waals surface area contributed by atoms with Gasteiger partial charge in [-0.15, -0.1) is 5.10 Å². The lowest BCUT2D eigenvalue weighted by Gasteiger charge is -2.03. The Morgan fingerprint density at radius 3 is 2.89 bits per heavy atom. The molecule has 0 spiro atoms. The van der Waals surface area contributed by atoms with Gasteiger partial charge in [0, 0.05) is 12.7 Å².